The fourth-order valence-corrected chi connectivity index (χ4v) is 2.18. The number of alkyl halides is 3. The number of fused-ring (bicyclic) bond motifs is 1. The first-order valence-corrected chi connectivity index (χ1v) is 5.44. The number of halogens is 3. The molecule has 0 spiro atoms. The van der Waals surface area contributed by atoms with Crippen LogP contribution in [0.2, 0.25) is 0 Å². The number of carbonyl (C=O) groups is 1. The molecule has 2 nitrogen and oxygen atoms in total. The summed E-state index contributed by atoms with van der Waals surface area (Å²) in [5.74, 6) is -0.153. The van der Waals surface area contributed by atoms with Crippen molar-refractivity contribution in [2.24, 2.45) is 7.05 Å². The van der Waals surface area contributed by atoms with E-state index < -0.39 is 11.7 Å². The Morgan fingerprint density at radius 2 is 2.00 bits per heavy atom. The van der Waals surface area contributed by atoms with E-state index in [0.29, 0.717) is 11.1 Å². The van der Waals surface area contributed by atoms with Crippen LogP contribution < -0.4 is 0 Å². The summed E-state index contributed by atoms with van der Waals surface area (Å²) in [4.78, 5) is 11.1. The van der Waals surface area contributed by atoms with Gasteiger partial charge in [0.15, 0.2) is 0 Å². The minimum absolute atomic E-state index is 0.0183. The zero-order valence-electron chi connectivity index (χ0n) is 10.0. The normalized spacial score (nSPS) is 12.1. The second-order valence-corrected chi connectivity index (χ2v) is 4.34. The minimum atomic E-state index is -4.41. The maximum atomic E-state index is 13.0. The van der Waals surface area contributed by atoms with Gasteiger partial charge in [-0.05, 0) is 24.6 Å². The molecule has 96 valence electrons. The van der Waals surface area contributed by atoms with Gasteiger partial charge in [0.05, 0.1) is 5.56 Å². The lowest BCUT2D eigenvalue weighted by Gasteiger charge is -2.09. The molecule has 2 rings (SSSR count). The molecule has 0 saturated carbocycles. The molecule has 5 heteroatoms. The third kappa shape index (κ3) is 2.12. The van der Waals surface area contributed by atoms with Crippen molar-refractivity contribution >= 4 is 16.7 Å². The number of hydrogen-bond acceptors (Lipinski definition) is 1. The van der Waals surface area contributed by atoms with E-state index in [-0.39, 0.29) is 17.6 Å². The fraction of sp³-hybridized carbons (Fsp3) is 0.308. The Morgan fingerprint density at radius 3 is 2.56 bits per heavy atom. The first-order chi connectivity index (χ1) is 8.30. The predicted octanol–water partition coefficient (Wildman–Crippen LogP) is 3.33. The Morgan fingerprint density at radius 1 is 1.33 bits per heavy atom. The zero-order valence-corrected chi connectivity index (χ0v) is 10.0. The van der Waals surface area contributed by atoms with Crippen molar-refractivity contribution in [3.8, 4) is 0 Å². The van der Waals surface area contributed by atoms with E-state index in [2.05, 4.69) is 0 Å². The van der Waals surface area contributed by atoms with Crippen molar-refractivity contribution in [1.82, 2.24) is 4.57 Å². The minimum Gasteiger partial charge on any atom is -0.350 e. The Kier molecular flexibility index (Phi) is 2.92. The highest BCUT2D eigenvalue weighted by Crippen LogP contribution is 2.37. The molecule has 1 aromatic carbocycles. The van der Waals surface area contributed by atoms with Gasteiger partial charge in [0, 0.05) is 30.6 Å². The van der Waals surface area contributed by atoms with Crippen LogP contribution in [0, 0.1) is 0 Å². The fourth-order valence-electron chi connectivity index (χ4n) is 2.18. The SMILES string of the molecule is CC(=O)Cc1cn(C)c2cccc(C(F)(F)F)c12. The highest BCUT2D eigenvalue weighted by molar-refractivity contribution is 5.92. The Hall–Kier alpha value is -1.78. The highest BCUT2D eigenvalue weighted by Gasteiger charge is 2.33. The van der Waals surface area contributed by atoms with Gasteiger partial charge in [0.2, 0.25) is 0 Å². The van der Waals surface area contributed by atoms with Gasteiger partial charge in [-0.1, -0.05) is 6.07 Å². The maximum Gasteiger partial charge on any atom is 0.417 e. The summed E-state index contributed by atoms with van der Waals surface area (Å²) >= 11 is 0. The molecule has 0 fully saturated rings. The number of rotatable bonds is 2. The van der Waals surface area contributed by atoms with E-state index >= 15 is 0 Å². The number of benzene rings is 1. The number of aromatic nitrogens is 1. The quantitative estimate of drug-likeness (QED) is 0.806. The van der Waals surface area contributed by atoms with Crippen LogP contribution in [0.4, 0.5) is 13.2 Å². The van der Waals surface area contributed by atoms with Crippen LogP contribution >= 0.6 is 0 Å². The van der Waals surface area contributed by atoms with Crippen molar-refractivity contribution < 1.29 is 18.0 Å². The molecule has 0 amide bonds. The van der Waals surface area contributed by atoms with Gasteiger partial charge in [-0.25, -0.2) is 0 Å². The molecule has 0 atom stereocenters. The van der Waals surface area contributed by atoms with Gasteiger partial charge < -0.3 is 4.57 Å². The Labute approximate surface area is 102 Å². The standard InChI is InChI=1S/C13H12F3NO/c1-8(18)6-9-7-17(2)11-5-3-4-10(12(9)11)13(14,15)16/h3-5,7H,6H2,1-2H3. The lowest BCUT2D eigenvalue weighted by Crippen LogP contribution is -2.06. The number of hydrogen-bond donors (Lipinski definition) is 0. The molecule has 0 N–H and O–H groups in total. The van der Waals surface area contributed by atoms with Crippen molar-refractivity contribution in [3.05, 3.63) is 35.5 Å². The highest BCUT2D eigenvalue weighted by atomic mass is 19.4. The summed E-state index contributed by atoms with van der Waals surface area (Å²) in [6.07, 6.45) is -2.81. The molecule has 0 unspecified atom stereocenters. The predicted molar refractivity (Wildman–Crippen MR) is 62.3 cm³/mol. The topological polar surface area (TPSA) is 22.0 Å². The van der Waals surface area contributed by atoms with Crippen LogP contribution in [-0.4, -0.2) is 10.4 Å². The molecule has 0 aliphatic heterocycles. The summed E-state index contributed by atoms with van der Waals surface area (Å²) in [7, 11) is 1.67. The third-order valence-electron chi connectivity index (χ3n) is 2.84. The second kappa shape index (κ2) is 4.15. The number of nitrogens with zero attached hydrogens (tertiary/aromatic N) is 1. The van der Waals surface area contributed by atoms with Crippen molar-refractivity contribution in [2.45, 2.75) is 19.5 Å². The maximum absolute atomic E-state index is 13.0. The van der Waals surface area contributed by atoms with Crippen LogP contribution in [0.5, 0.6) is 0 Å². The zero-order chi connectivity index (χ0) is 13.5. The number of ketones is 1. The molecule has 1 aromatic heterocycles. The Balaban J connectivity index is 2.76. The monoisotopic (exact) mass is 255 g/mol. The van der Waals surface area contributed by atoms with Crippen molar-refractivity contribution in [3.63, 3.8) is 0 Å². The lowest BCUT2D eigenvalue weighted by molar-refractivity contribution is -0.136. The summed E-state index contributed by atoms with van der Waals surface area (Å²) in [5, 5.41) is 0.128. The number of carbonyl (C=O) groups excluding carboxylic acids is 1. The van der Waals surface area contributed by atoms with Gasteiger partial charge >= 0.3 is 6.18 Å². The average molecular weight is 255 g/mol. The average Bonchev–Trinajstić information content (AvgIpc) is 2.54. The number of Topliss-reactive ketones (excluding diaryl/α,β-unsaturated/α-hetero) is 1. The molecule has 0 aliphatic rings. The van der Waals surface area contributed by atoms with Crippen LogP contribution in [0.15, 0.2) is 24.4 Å². The van der Waals surface area contributed by atoms with E-state index in [1.54, 1.807) is 23.9 Å². The third-order valence-corrected chi connectivity index (χ3v) is 2.84. The smallest absolute Gasteiger partial charge is 0.350 e. The van der Waals surface area contributed by atoms with E-state index in [1.165, 1.54) is 13.0 Å². The van der Waals surface area contributed by atoms with E-state index in [4.69, 9.17) is 0 Å². The Bertz CT molecular complexity index is 610. The first kappa shape index (κ1) is 12.7. The van der Waals surface area contributed by atoms with Gasteiger partial charge in [0.1, 0.15) is 5.78 Å². The van der Waals surface area contributed by atoms with Gasteiger partial charge in [-0.15, -0.1) is 0 Å². The lowest BCUT2D eigenvalue weighted by atomic mass is 10.0. The van der Waals surface area contributed by atoms with Gasteiger partial charge in [-0.2, -0.15) is 13.2 Å². The van der Waals surface area contributed by atoms with Crippen LogP contribution in [0.1, 0.15) is 18.1 Å². The summed E-state index contributed by atoms with van der Waals surface area (Å²) < 4.78 is 40.5. The molecule has 0 bridgehead atoms. The molecule has 0 radical (unpaired) electrons. The van der Waals surface area contributed by atoms with Crippen molar-refractivity contribution in [1.29, 1.82) is 0 Å². The van der Waals surface area contributed by atoms with Gasteiger partial charge in [-0.3, -0.25) is 4.79 Å². The van der Waals surface area contributed by atoms with Gasteiger partial charge in [0.25, 0.3) is 0 Å². The van der Waals surface area contributed by atoms with E-state index in [9.17, 15) is 18.0 Å². The number of aryl methyl sites for hydroxylation is 1. The molecule has 18 heavy (non-hydrogen) atoms. The molecular formula is C13H12F3NO. The second-order valence-electron chi connectivity index (χ2n) is 4.34. The molecule has 0 aliphatic carbocycles. The molecule has 1 heterocycles. The molecule has 0 saturated heterocycles. The van der Waals surface area contributed by atoms with Crippen LogP contribution in [-0.2, 0) is 24.4 Å². The van der Waals surface area contributed by atoms with Crippen molar-refractivity contribution in [2.75, 3.05) is 0 Å². The first-order valence-electron chi connectivity index (χ1n) is 5.44. The summed E-state index contributed by atoms with van der Waals surface area (Å²) in [6.45, 7) is 1.37. The van der Waals surface area contributed by atoms with Crippen LogP contribution in [0.3, 0.4) is 0 Å². The molecule has 2 aromatic rings. The summed E-state index contributed by atoms with van der Waals surface area (Å²) in [5.41, 5.74) is 0.228. The largest absolute Gasteiger partial charge is 0.417 e. The van der Waals surface area contributed by atoms with E-state index in [0.717, 1.165) is 6.07 Å². The summed E-state index contributed by atoms with van der Waals surface area (Å²) in [6, 6.07) is 4.04. The van der Waals surface area contributed by atoms with E-state index in [1.807, 2.05) is 0 Å². The van der Waals surface area contributed by atoms with Crippen LogP contribution in [0.25, 0.3) is 10.9 Å². The molecular weight excluding hydrogens is 243 g/mol.